The molecule has 5 aromatic rings. The second-order valence-electron chi connectivity index (χ2n) is 8.55. The van der Waals surface area contributed by atoms with E-state index in [4.69, 9.17) is 10.2 Å². The molecule has 6 rings (SSSR count). The Kier molecular flexibility index (Phi) is 8.75. The number of ether oxygens (including phenoxy) is 2. The van der Waals surface area contributed by atoms with Gasteiger partial charge in [-0.1, -0.05) is 48.6 Å². The first-order valence-corrected chi connectivity index (χ1v) is 14.8. The van der Waals surface area contributed by atoms with Gasteiger partial charge in [0.05, 0.1) is 0 Å². The van der Waals surface area contributed by atoms with Gasteiger partial charge >= 0.3 is 35.8 Å². The zero-order valence-corrected chi connectivity index (χ0v) is 24.2. The summed E-state index contributed by atoms with van der Waals surface area (Å²) in [5.74, 6) is -7.64. The summed E-state index contributed by atoms with van der Waals surface area (Å²) < 4.78 is 9.05. The third-order valence-corrected chi connectivity index (χ3v) is 8.18. The van der Waals surface area contributed by atoms with E-state index in [-0.39, 0.29) is 10.0 Å². The number of benzene rings is 2. The molecule has 16 heteroatoms. The predicted molar refractivity (Wildman–Crippen MR) is 156 cm³/mol. The number of aromatic carboxylic acids is 2. The Morgan fingerprint density at radius 3 is 1.64 bits per heavy atom. The van der Waals surface area contributed by atoms with Crippen LogP contribution in [-0.2, 0) is 15.9 Å². The van der Waals surface area contributed by atoms with Crippen molar-refractivity contribution in [2.75, 3.05) is 0 Å². The lowest BCUT2D eigenvalue weighted by molar-refractivity contribution is 0.0386. The van der Waals surface area contributed by atoms with Gasteiger partial charge in [0.1, 0.15) is 0 Å². The minimum atomic E-state index is -1.37. The van der Waals surface area contributed by atoms with Gasteiger partial charge < -0.3 is 19.7 Å². The molecule has 0 aliphatic heterocycles. The molecule has 3 heterocycles. The molecule has 1 aliphatic carbocycles. The van der Waals surface area contributed by atoms with Crippen LogP contribution < -0.4 is 0 Å². The topological polar surface area (TPSA) is 200 Å². The fourth-order valence-electron chi connectivity index (χ4n) is 3.82. The Hall–Kier alpha value is -5.45. The van der Waals surface area contributed by atoms with Gasteiger partial charge in [0.15, 0.2) is 17.1 Å². The predicted octanol–water partition coefficient (Wildman–Crippen LogP) is 4.86. The summed E-state index contributed by atoms with van der Waals surface area (Å²) in [6, 6.07) is 13.0. The molecule has 2 N–H and O–H groups in total. The van der Waals surface area contributed by atoms with E-state index in [1.807, 2.05) is 0 Å². The van der Waals surface area contributed by atoms with Crippen molar-refractivity contribution in [3.05, 3.63) is 102 Å². The molecule has 2 aromatic carbocycles. The van der Waals surface area contributed by atoms with Crippen molar-refractivity contribution < 1.29 is 48.5 Å². The van der Waals surface area contributed by atoms with E-state index in [1.165, 1.54) is 21.9 Å². The third kappa shape index (κ3) is 6.62. The largest absolute Gasteiger partial charge is 0.476 e. The number of rotatable bonds is 6. The number of hydrogen-bond donors (Lipinski definition) is 2. The van der Waals surface area contributed by atoms with Crippen LogP contribution in [0.2, 0.25) is 0 Å². The highest BCUT2D eigenvalue weighted by molar-refractivity contribution is 7.12. The van der Waals surface area contributed by atoms with E-state index in [2.05, 4.69) is 73.0 Å². The quantitative estimate of drug-likeness (QED) is 0.187. The second kappa shape index (κ2) is 12.8. The molecule has 0 spiro atoms. The molecule has 3 aromatic heterocycles. The molecule has 0 bridgehead atoms. The number of aromatic nitrogens is 3. The maximum absolute atomic E-state index is 12.0. The lowest BCUT2D eigenvalue weighted by Crippen LogP contribution is -2.15. The number of esters is 4. The van der Waals surface area contributed by atoms with Gasteiger partial charge in [0, 0.05) is 16.1 Å². The van der Waals surface area contributed by atoms with Crippen LogP contribution in [0.5, 0.6) is 0 Å². The van der Waals surface area contributed by atoms with Gasteiger partial charge in [-0.25, -0.2) is 43.7 Å². The van der Waals surface area contributed by atoms with E-state index < -0.39 is 57.9 Å². The molecule has 0 saturated heterocycles. The van der Waals surface area contributed by atoms with E-state index in [0.29, 0.717) is 34.0 Å². The van der Waals surface area contributed by atoms with Gasteiger partial charge in [-0.2, -0.15) is 0 Å². The van der Waals surface area contributed by atoms with Crippen molar-refractivity contribution in [1.82, 2.24) is 15.0 Å². The highest BCUT2D eigenvalue weighted by Crippen LogP contribution is 2.28. The summed E-state index contributed by atoms with van der Waals surface area (Å²) in [6.07, 6.45) is 5.53. The van der Waals surface area contributed by atoms with Crippen LogP contribution in [0, 0.1) is 0 Å². The molecule has 44 heavy (non-hydrogen) atoms. The smallest absolute Gasteiger partial charge is 0.375 e. The summed E-state index contributed by atoms with van der Waals surface area (Å²) >= 11 is 1.92. The molecular weight excluding hydrogens is 635 g/mol. The molecule has 1 aliphatic rings. The number of hydrogen-bond acceptors (Lipinski definition) is 14. The van der Waals surface area contributed by atoms with Gasteiger partial charge in [0.25, 0.3) is 0 Å². The molecule has 0 atom stereocenters. The summed E-state index contributed by atoms with van der Waals surface area (Å²) in [4.78, 5) is 79.8. The number of thiazole rings is 3. The van der Waals surface area contributed by atoms with E-state index in [1.54, 1.807) is 0 Å². The maximum atomic E-state index is 12.0. The van der Waals surface area contributed by atoms with Gasteiger partial charge in [-0.15, -0.1) is 34.0 Å². The standard InChI is InChI=1S/C15H5N3O10S3.C13H10/c19-10(20)4-1-29-7(16-4)13(24)27-12(23)6-3-31-9(18-6)15(26)28-14(25)8-17-5(2-30-8)11(21)22;1-4-10-6-2-8-12-9-3-7-11(5-1)13(10)12/h1-3H,(H,19,20)(H,21,22);1-8H,9H2. The maximum Gasteiger partial charge on any atom is 0.375 e. The lowest BCUT2D eigenvalue weighted by atomic mass is 9.93. The SMILES string of the molecule is C1=Cc2cccc3cccc(c23)C1.O=C(O)c1csc(C(=O)OC(=O)c2csc(C(=O)OC(=O)c3nc(C(=O)O)cs3)n2)n1. The molecule has 0 fully saturated rings. The van der Waals surface area contributed by atoms with Crippen LogP contribution >= 0.6 is 34.0 Å². The third-order valence-electron chi connectivity index (χ3n) is 5.71. The zero-order valence-electron chi connectivity index (χ0n) is 21.8. The Morgan fingerprint density at radius 1 is 0.636 bits per heavy atom. The van der Waals surface area contributed by atoms with Crippen LogP contribution in [0.1, 0.15) is 72.0 Å². The number of carboxylic acids is 2. The highest BCUT2D eigenvalue weighted by atomic mass is 32.1. The van der Waals surface area contributed by atoms with Crippen molar-refractivity contribution in [3.63, 3.8) is 0 Å². The average molecular weight is 650 g/mol. The number of carboxylic acid groups (broad SMARTS) is 2. The Labute approximate surface area is 257 Å². The minimum Gasteiger partial charge on any atom is -0.476 e. The van der Waals surface area contributed by atoms with Crippen LogP contribution in [-0.4, -0.2) is 61.0 Å². The molecule has 0 amide bonds. The van der Waals surface area contributed by atoms with Crippen LogP contribution in [0.15, 0.2) is 58.6 Å². The zero-order chi connectivity index (χ0) is 31.4. The number of nitrogens with zero attached hydrogens (tertiary/aromatic N) is 3. The Bertz CT molecular complexity index is 1910. The summed E-state index contributed by atoms with van der Waals surface area (Å²) in [6.45, 7) is 0. The normalized spacial score (nSPS) is 11.3. The van der Waals surface area contributed by atoms with Crippen LogP contribution in [0.3, 0.4) is 0 Å². The van der Waals surface area contributed by atoms with E-state index in [0.717, 1.165) is 22.6 Å². The monoisotopic (exact) mass is 649 g/mol. The van der Waals surface area contributed by atoms with Crippen molar-refractivity contribution in [2.45, 2.75) is 6.42 Å². The van der Waals surface area contributed by atoms with E-state index in [9.17, 15) is 28.8 Å². The number of allylic oxidation sites excluding steroid dienone is 1. The molecule has 220 valence electrons. The average Bonchev–Trinajstić information content (AvgIpc) is 3.79. The fraction of sp³-hybridized carbons (Fsp3) is 0.0357. The first-order chi connectivity index (χ1) is 21.1. The summed E-state index contributed by atoms with van der Waals surface area (Å²) in [7, 11) is 0. The van der Waals surface area contributed by atoms with Gasteiger partial charge in [-0.05, 0) is 28.3 Å². The summed E-state index contributed by atoms with van der Waals surface area (Å²) in [5.41, 5.74) is 1.57. The van der Waals surface area contributed by atoms with Crippen molar-refractivity contribution in [3.8, 4) is 0 Å². The van der Waals surface area contributed by atoms with Crippen LogP contribution in [0.25, 0.3) is 16.8 Å². The van der Waals surface area contributed by atoms with Crippen molar-refractivity contribution >= 4 is 86.7 Å². The van der Waals surface area contributed by atoms with Crippen LogP contribution in [0.4, 0.5) is 0 Å². The van der Waals surface area contributed by atoms with E-state index >= 15 is 0 Å². The Balaban J connectivity index is 0.000000242. The highest BCUT2D eigenvalue weighted by Gasteiger charge is 2.25. The number of carbonyl (C=O) groups is 6. The second-order valence-corrected chi connectivity index (χ2v) is 11.1. The van der Waals surface area contributed by atoms with Gasteiger partial charge in [0.2, 0.25) is 15.0 Å². The van der Waals surface area contributed by atoms with Crippen molar-refractivity contribution in [1.29, 1.82) is 0 Å². The van der Waals surface area contributed by atoms with Crippen molar-refractivity contribution in [2.24, 2.45) is 0 Å². The number of carbonyl (C=O) groups excluding carboxylic acids is 4. The first-order valence-electron chi connectivity index (χ1n) is 12.1. The molecule has 13 nitrogen and oxygen atoms in total. The molecule has 0 unspecified atom stereocenters. The van der Waals surface area contributed by atoms with Gasteiger partial charge in [-0.3, -0.25) is 0 Å². The summed E-state index contributed by atoms with van der Waals surface area (Å²) in [5, 5.41) is 22.4. The fourth-order valence-corrected chi connectivity index (χ4v) is 5.81. The molecule has 0 saturated carbocycles. The molecular formula is C28H15N3O10S3. The first kappa shape index (κ1) is 30.0. The Morgan fingerprint density at radius 2 is 1.11 bits per heavy atom. The molecule has 0 radical (unpaired) electrons. The minimum absolute atomic E-state index is 0.378. The lowest BCUT2D eigenvalue weighted by Gasteiger charge is -2.11.